The molecular weight excluding hydrogens is 358 g/mol. The summed E-state index contributed by atoms with van der Waals surface area (Å²) in [6.07, 6.45) is 0.0757. The number of methoxy groups -OCH3 is 1. The van der Waals surface area contributed by atoms with Gasteiger partial charge in [-0.15, -0.1) is 0 Å². The monoisotopic (exact) mass is 371 g/mol. The zero-order valence-electron chi connectivity index (χ0n) is 13.7. The predicted molar refractivity (Wildman–Crippen MR) is 94.9 cm³/mol. The number of fused-ring (bicyclic) bond motifs is 1. The Morgan fingerprint density at radius 2 is 1.81 bits per heavy atom. The zero-order valence-corrected chi connectivity index (χ0v) is 14.4. The number of ketones is 1. The second-order valence-corrected chi connectivity index (χ2v) is 5.88. The Morgan fingerprint density at radius 1 is 1.08 bits per heavy atom. The highest BCUT2D eigenvalue weighted by Gasteiger charge is 2.30. The van der Waals surface area contributed by atoms with E-state index < -0.39 is 23.8 Å². The SMILES string of the molecule is COC(=O)C(OC(=O)C(=O)c1c[nH]c2ccc(Cl)cc12)c1ccccc1. The zero-order chi connectivity index (χ0) is 18.7. The number of halogens is 1. The van der Waals surface area contributed by atoms with Crippen LogP contribution in [0.3, 0.4) is 0 Å². The van der Waals surface area contributed by atoms with Crippen LogP contribution in [0.25, 0.3) is 10.9 Å². The molecule has 0 aliphatic rings. The van der Waals surface area contributed by atoms with E-state index in [0.29, 0.717) is 21.5 Å². The first-order chi connectivity index (χ1) is 12.5. The fraction of sp³-hybridized carbons (Fsp3) is 0.105. The van der Waals surface area contributed by atoms with E-state index in [1.165, 1.54) is 13.3 Å². The molecule has 0 spiro atoms. The molecule has 1 heterocycles. The second kappa shape index (κ2) is 7.41. The van der Waals surface area contributed by atoms with Crippen LogP contribution in [0.1, 0.15) is 22.0 Å². The van der Waals surface area contributed by atoms with Crippen LogP contribution in [0.5, 0.6) is 0 Å². The van der Waals surface area contributed by atoms with E-state index in [-0.39, 0.29) is 5.56 Å². The van der Waals surface area contributed by atoms with Crippen molar-refractivity contribution in [3.05, 3.63) is 70.9 Å². The minimum atomic E-state index is -1.33. The van der Waals surface area contributed by atoms with E-state index in [2.05, 4.69) is 9.72 Å². The number of esters is 2. The fourth-order valence-electron chi connectivity index (χ4n) is 2.54. The summed E-state index contributed by atoms with van der Waals surface area (Å²) >= 11 is 5.95. The van der Waals surface area contributed by atoms with E-state index in [4.69, 9.17) is 16.3 Å². The maximum absolute atomic E-state index is 12.5. The maximum Gasteiger partial charge on any atom is 0.380 e. The number of benzene rings is 2. The Bertz CT molecular complexity index is 980. The average molecular weight is 372 g/mol. The molecule has 0 aliphatic carbocycles. The van der Waals surface area contributed by atoms with E-state index in [1.54, 1.807) is 48.5 Å². The maximum atomic E-state index is 12.5. The Kier molecular flexibility index (Phi) is 5.04. The largest absolute Gasteiger partial charge is 0.466 e. The second-order valence-electron chi connectivity index (χ2n) is 5.44. The van der Waals surface area contributed by atoms with Crippen LogP contribution in [0, 0.1) is 0 Å². The molecule has 0 amide bonds. The highest BCUT2D eigenvalue weighted by Crippen LogP contribution is 2.24. The van der Waals surface area contributed by atoms with Crippen molar-refractivity contribution in [2.24, 2.45) is 0 Å². The molecule has 3 rings (SSSR count). The van der Waals surface area contributed by atoms with Crippen LogP contribution in [-0.4, -0.2) is 29.8 Å². The number of carbonyl (C=O) groups is 3. The molecule has 7 heteroatoms. The molecule has 0 saturated carbocycles. The lowest BCUT2D eigenvalue weighted by Crippen LogP contribution is -2.25. The molecule has 1 atom stereocenters. The van der Waals surface area contributed by atoms with Crippen LogP contribution >= 0.6 is 11.6 Å². The Morgan fingerprint density at radius 3 is 2.50 bits per heavy atom. The van der Waals surface area contributed by atoms with Gasteiger partial charge in [0.15, 0.2) is 0 Å². The van der Waals surface area contributed by atoms with Crippen molar-refractivity contribution in [3.8, 4) is 0 Å². The number of rotatable bonds is 5. The van der Waals surface area contributed by atoms with Crippen molar-refractivity contribution in [2.45, 2.75) is 6.10 Å². The van der Waals surface area contributed by atoms with Crippen molar-refractivity contribution in [1.29, 1.82) is 0 Å². The Hall–Kier alpha value is -3.12. The number of nitrogens with one attached hydrogen (secondary N) is 1. The molecule has 132 valence electrons. The average Bonchev–Trinajstić information content (AvgIpc) is 3.08. The molecule has 0 aliphatic heterocycles. The molecule has 0 fully saturated rings. The van der Waals surface area contributed by atoms with Crippen LogP contribution in [0.4, 0.5) is 0 Å². The van der Waals surface area contributed by atoms with Gasteiger partial charge < -0.3 is 14.5 Å². The van der Waals surface area contributed by atoms with Gasteiger partial charge >= 0.3 is 11.9 Å². The standard InChI is InChI=1S/C19H14ClNO5/c1-25-19(24)17(11-5-3-2-4-6-11)26-18(23)16(22)14-10-21-15-8-7-12(20)9-13(14)15/h2-10,17,21H,1H3. The number of Topliss-reactive ketones (excluding diaryl/α,β-unsaturated/α-hetero) is 1. The van der Waals surface area contributed by atoms with Gasteiger partial charge in [-0.05, 0) is 18.2 Å². The highest BCUT2D eigenvalue weighted by molar-refractivity contribution is 6.43. The fourth-order valence-corrected chi connectivity index (χ4v) is 2.71. The van der Waals surface area contributed by atoms with Crippen LogP contribution in [0.15, 0.2) is 54.7 Å². The summed E-state index contributed by atoms with van der Waals surface area (Å²) in [4.78, 5) is 39.7. The summed E-state index contributed by atoms with van der Waals surface area (Å²) in [5.74, 6) is -2.83. The van der Waals surface area contributed by atoms with Gasteiger partial charge in [0.2, 0.25) is 6.10 Å². The molecule has 0 bridgehead atoms. The van der Waals surface area contributed by atoms with Gasteiger partial charge in [-0.2, -0.15) is 0 Å². The van der Waals surface area contributed by atoms with Gasteiger partial charge in [-0.3, -0.25) is 4.79 Å². The number of ether oxygens (including phenoxy) is 2. The first-order valence-corrected chi connectivity index (χ1v) is 8.03. The molecule has 0 radical (unpaired) electrons. The minimum absolute atomic E-state index is 0.115. The normalized spacial score (nSPS) is 11.8. The summed E-state index contributed by atoms with van der Waals surface area (Å²) in [6.45, 7) is 0. The van der Waals surface area contributed by atoms with Crippen molar-refractivity contribution in [2.75, 3.05) is 7.11 Å². The highest BCUT2D eigenvalue weighted by atomic mass is 35.5. The molecule has 3 aromatic rings. The molecule has 6 nitrogen and oxygen atoms in total. The van der Waals surface area contributed by atoms with Gasteiger partial charge in [0.05, 0.1) is 12.7 Å². The smallest absolute Gasteiger partial charge is 0.380 e. The molecule has 1 N–H and O–H groups in total. The van der Waals surface area contributed by atoms with E-state index in [1.807, 2.05) is 0 Å². The van der Waals surface area contributed by atoms with Gasteiger partial charge in [0, 0.05) is 27.7 Å². The van der Waals surface area contributed by atoms with Gasteiger partial charge in [0.25, 0.3) is 5.78 Å². The van der Waals surface area contributed by atoms with Crippen molar-refractivity contribution in [1.82, 2.24) is 4.98 Å². The van der Waals surface area contributed by atoms with Crippen molar-refractivity contribution in [3.63, 3.8) is 0 Å². The van der Waals surface area contributed by atoms with Gasteiger partial charge in [-0.1, -0.05) is 41.9 Å². The molecule has 1 unspecified atom stereocenters. The number of H-pyrrole nitrogens is 1. The molecule has 1 aromatic heterocycles. The lowest BCUT2D eigenvalue weighted by atomic mass is 10.1. The number of hydrogen-bond acceptors (Lipinski definition) is 5. The minimum Gasteiger partial charge on any atom is -0.466 e. The summed E-state index contributed by atoms with van der Waals surface area (Å²) in [6, 6.07) is 13.3. The summed E-state index contributed by atoms with van der Waals surface area (Å²) in [5.41, 5.74) is 1.17. The van der Waals surface area contributed by atoms with E-state index in [0.717, 1.165) is 0 Å². The lowest BCUT2D eigenvalue weighted by molar-refractivity contribution is -0.163. The molecule has 0 saturated heterocycles. The first kappa shape index (κ1) is 17.7. The van der Waals surface area contributed by atoms with E-state index in [9.17, 15) is 14.4 Å². The third-order valence-corrected chi connectivity index (χ3v) is 4.05. The summed E-state index contributed by atoms with van der Waals surface area (Å²) < 4.78 is 9.82. The third-order valence-electron chi connectivity index (χ3n) is 3.82. The number of carbonyl (C=O) groups excluding carboxylic acids is 3. The predicted octanol–water partition coefficient (Wildman–Crippen LogP) is 3.46. The van der Waals surface area contributed by atoms with E-state index >= 15 is 0 Å². The van der Waals surface area contributed by atoms with Crippen molar-refractivity contribution < 1.29 is 23.9 Å². The number of aromatic nitrogens is 1. The molecular formula is C19H14ClNO5. The van der Waals surface area contributed by atoms with Crippen LogP contribution in [0.2, 0.25) is 5.02 Å². The first-order valence-electron chi connectivity index (χ1n) is 7.66. The number of aromatic amines is 1. The Balaban J connectivity index is 1.88. The quantitative estimate of drug-likeness (QED) is 0.421. The Labute approximate surface area is 153 Å². The van der Waals surface area contributed by atoms with Gasteiger partial charge in [-0.25, -0.2) is 9.59 Å². The number of hydrogen-bond donors (Lipinski definition) is 1. The molecule has 26 heavy (non-hydrogen) atoms. The third kappa shape index (κ3) is 3.45. The van der Waals surface area contributed by atoms with Crippen LogP contribution in [-0.2, 0) is 19.1 Å². The lowest BCUT2D eigenvalue weighted by Gasteiger charge is -2.15. The summed E-state index contributed by atoms with van der Waals surface area (Å²) in [5, 5.41) is 0.921. The van der Waals surface area contributed by atoms with Crippen LogP contribution < -0.4 is 0 Å². The summed E-state index contributed by atoms with van der Waals surface area (Å²) in [7, 11) is 1.18. The van der Waals surface area contributed by atoms with Crippen molar-refractivity contribution >= 4 is 40.2 Å². The van der Waals surface area contributed by atoms with Gasteiger partial charge in [0.1, 0.15) is 0 Å². The molecule has 2 aromatic carbocycles. The topological polar surface area (TPSA) is 85.5 Å².